The smallest absolute Gasteiger partial charge is 0.321 e. The van der Waals surface area contributed by atoms with E-state index in [2.05, 4.69) is 36.1 Å². The number of hydrogen-bond donors (Lipinski definition) is 5. The molecule has 13 heteroatoms. The van der Waals surface area contributed by atoms with Gasteiger partial charge in [-0.15, -0.1) is 0 Å². The number of ether oxygens (including phenoxy) is 1. The molecule has 0 spiro atoms. The molecule has 0 unspecified atom stereocenters. The van der Waals surface area contributed by atoms with E-state index in [1.807, 2.05) is 12.1 Å². The first-order chi connectivity index (χ1) is 18.9. The number of nitrogens with zero attached hydrogens (tertiary/aromatic N) is 4. The summed E-state index contributed by atoms with van der Waals surface area (Å²) in [4.78, 5) is 36.9. The molecule has 1 aromatic heterocycles. The zero-order chi connectivity index (χ0) is 27.8. The molecule has 0 atom stereocenters. The van der Waals surface area contributed by atoms with E-state index < -0.39 is 0 Å². The van der Waals surface area contributed by atoms with E-state index in [1.54, 1.807) is 35.2 Å². The summed E-state index contributed by atoms with van der Waals surface area (Å²) < 4.78 is 5.53. The molecule has 1 aliphatic rings. The van der Waals surface area contributed by atoms with Gasteiger partial charge in [-0.2, -0.15) is 4.98 Å². The lowest BCUT2D eigenvalue weighted by Gasteiger charge is -2.34. The highest BCUT2D eigenvalue weighted by molar-refractivity contribution is 6.33. The van der Waals surface area contributed by atoms with Crippen LogP contribution in [0, 0.1) is 0 Å². The number of aliphatic hydroxyl groups is 1. The Morgan fingerprint density at radius 1 is 1.03 bits per heavy atom. The number of β-amino-alcohol motifs (C(OH)–C–C–N with tert-alkyl or cyclic N) is 1. The summed E-state index contributed by atoms with van der Waals surface area (Å²) in [6.45, 7) is 4.76. The Kier molecular flexibility index (Phi) is 9.36. The number of aromatic nitrogens is 2. The molecule has 0 saturated carbocycles. The molecule has 0 radical (unpaired) electrons. The fourth-order valence-corrected chi connectivity index (χ4v) is 4.18. The number of urea groups is 1. The molecule has 1 fully saturated rings. The molecule has 1 aliphatic heterocycles. The maximum atomic E-state index is 12.7. The number of rotatable bonds is 9. The van der Waals surface area contributed by atoms with Gasteiger partial charge in [0, 0.05) is 51.4 Å². The predicted molar refractivity (Wildman–Crippen MR) is 151 cm³/mol. The van der Waals surface area contributed by atoms with Gasteiger partial charge in [0.15, 0.2) is 5.82 Å². The number of benzene rings is 2. The van der Waals surface area contributed by atoms with Crippen molar-refractivity contribution in [1.82, 2.24) is 19.8 Å². The average Bonchev–Trinajstić information content (AvgIpc) is 2.92. The van der Waals surface area contributed by atoms with E-state index >= 15 is 0 Å². The number of anilines is 6. The molecule has 1 saturated heterocycles. The SMILES string of the molecule is COc1cc(NC(=O)N2CCN(CCO)CC2)ccc1Nc1ncc(Cl)c(Nc2ccccc2NC(C)=O)n1. The third kappa shape index (κ3) is 7.47. The molecule has 2 aromatic carbocycles. The van der Waals surface area contributed by atoms with Crippen LogP contribution >= 0.6 is 11.6 Å². The molecule has 12 nitrogen and oxygen atoms in total. The number of amides is 3. The lowest BCUT2D eigenvalue weighted by Crippen LogP contribution is -2.50. The fourth-order valence-electron chi connectivity index (χ4n) is 4.04. The number of carbonyl (C=O) groups excluding carboxylic acids is 2. The molecule has 3 amide bonds. The lowest BCUT2D eigenvalue weighted by atomic mass is 10.2. The number of carbonyl (C=O) groups is 2. The normalized spacial score (nSPS) is 13.5. The minimum absolute atomic E-state index is 0.109. The number of halogens is 1. The summed E-state index contributed by atoms with van der Waals surface area (Å²) in [7, 11) is 1.53. The van der Waals surface area contributed by atoms with Gasteiger partial charge in [0.25, 0.3) is 0 Å². The van der Waals surface area contributed by atoms with Crippen LogP contribution in [0.15, 0.2) is 48.7 Å². The minimum Gasteiger partial charge on any atom is -0.494 e. The van der Waals surface area contributed by atoms with E-state index in [9.17, 15) is 9.59 Å². The molecule has 2 heterocycles. The molecule has 0 bridgehead atoms. The van der Waals surface area contributed by atoms with Crippen molar-refractivity contribution in [2.75, 3.05) is 67.7 Å². The van der Waals surface area contributed by atoms with E-state index in [4.69, 9.17) is 21.4 Å². The van der Waals surface area contributed by atoms with Gasteiger partial charge in [0.2, 0.25) is 11.9 Å². The quantitative estimate of drug-likeness (QED) is 0.267. The number of para-hydroxylation sites is 2. The van der Waals surface area contributed by atoms with Crippen LogP contribution in [-0.2, 0) is 4.79 Å². The Morgan fingerprint density at radius 3 is 2.46 bits per heavy atom. The molecule has 206 valence electrons. The van der Waals surface area contributed by atoms with E-state index in [0.717, 1.165) is 13.1 Å². The minimum atomic E-state index is -0.201. The van der Waals surface area contributed by atoms with Gasteiger partial charge in [0.05, 0.1) is 37.0 Å². The second-order valence-corrected chi connectivity index (χ2v) is 9.17. The third-order valence-electron chi connectivity index (χ3n) is 6.01. The van der Waals surface area contributed by atoms with Crippen LogP contribution in [0.3, 0.4) is 0 Å². The Morgan fingerprint density at radius 2 is 1.77 bits per heavy atom. The molecule has 3 aromatic rings. The first-order valence-corrected chi connectivity index (χ1v) is 12.7. The fraction of sp³-hybridized carbons (Fsp3) is 0.308. The predicted octanol–water partition coefficient (Wildman–Crippen LogP) is 3.73. The van der Waals surface area contributed by atoms with Crippen LogP contribution < -0.4 is 26.0 Å². The van der Waals surface area contributed by atoms with Crippen molar-refractivity contribution < 1.29 is 19.4 Å². The summed E-state index contributed by atoms with van der Waals surface area (Å²) in [5, 5.41) is 21.3. The number of piperazine rings is 1. The van der Waals surface area contributed by atoms with E-state index in [0.29, 0.717) is 59.0 Å². The molecule has 39 heavy (non-hydrogen) atoms. The van der Waals surface area contributed by atoms with Crippen molar-refractivity contribution in [1.29, 1.82) is 0 Å². The van der Waals surface area contributed by atoms with Crippen LogP contribution in [0.4, 0.5) is 39.3 Å². The van der Waals surface area contributed by atoms with Crippen molar-refractivity contribution in [3.63, 3.8) is 0 Å². The van der Waals surface area contributed by atoms with Crippen LogP contribution in [0.2, 0.25) is 5.02 Å². The van der Waals surface area contributed by atoms with Crippen LogP contribution in [0.1, 0.15) is 6.92 Å². The first kappa shape index (κ1) is 27.9. The topological polar surface area (TPSA) is 144 Å². The molecular weight excluding hydrogens is 524 g/mol. The molecule has 0 aliphatic carbocycles. The van der Waals surface area contributed by atoms with Crippen molar-refractivity contribution in [3.05, 3.63) is 53.7 Å². The van der Waals surface area contributed by atoms with Crippen molar-refractivity contribution in [3.8, 4) is 5.75 Å². The van der Waals surface area contributed by atoms with Crippen molar-refractivity contribution in [2.24, 2.45) is 0 Å². The van der Waals surface area contributed by atoms with Gasteiger partial charge in [-0.1, -0.05) is 23.7 Å². The van der Waals surface area contributed by atoms with Gasteiger partial charge in [-0.3, -0.25) is 9.69 Å². The summed E-state index contributed by atoms with van der Waals surface area (Å²) >= 11 is 6.34. The van der Waals surface area contributed by atoms with Crippen molar-refractivity contribution in [2.45, 2.75) is 6.92 Å². The molecule has 4 rings (SSSR count). The van der Waals surface area contributed by atoms with Gasteiger partial charge >= 0.3 is 6.03 Å². The van der Waals surface area contributed by atoms with E-state index in [1.165, 1.54) is 20.2 Å². The second kappa shape index (κ2) is 13.1. The van der Waals surface area contributed by atoms with Gasteiger partial charge < -0.3 is 36.0 Å². The van der Waals surface area contributed by atoms with Gasteiger partial charge in [-0.05, 0) is 24.3 Å². The highest BCUT2D eigenvalue weighted by atomic mass is 35.5. The Bertz CT molecular complexity index is 1320. The molecule has 5 N–H and O–H groups in total. The lowest BCUT2D eigenvalue weighted by molar-refractivity contribution is -0.114. The third-order valence-corrected chi connectivity index (χ3v) is 6.29. The van der Waals surface area contributed by atoms with Crippen LogP contribution in [-0.4, -0.2) is 83.3 Å². The van der Waals surface area contributed by atoms with Crippen LogP contribution in [0.25, 0.3) is 0 Å². The standard InChI is InChI=1S/C26H31ClN8O4/c1-17(37)29-20-5-3-4-6-21(20)31-24-19(27)16-28-25(33-24)32-22-8-7-18(15-23(22)39-2)30-26(38)35-11-9-34(10-12-35)13-14-36/h3-8,15-16,36H,9-14H2,1-2H3,(H,29,37)(H,30,38)(H2,28,31,32,33). The number of methoxy groups -OCH3 is 1. The Labute approximate surface area is 231 Å². The zero-order valence-electron chi connectivity index (χ0n) is 21.7. The number of hydrogen-bond acceptors (Lipinski definition) is 9. The van der Waals surface area contributed by atoms with Gasteiger partial charge in [-0.25, -0.2) is 9.78 Å². The highest BCUT2D eigenvalue weighted by Gasteiger charge is 2.21. The summed E-state index contributed by atoms with van der Waals surface area (Å²) in [6, 6.07) is 12.2. The van der Waals surface area contributed by atoms with Crippen molar-refractivity contribution >= 4 is 58.1 Å². The highest BCUT2D eigenvalue weighted by Crippen LogP contribution is 2.32. The summed E-state index contributed by atoms with van der Waals surface area (Å²) in [5.41, 5.74) is 2.36. The monoisotopic (exact) mass is 554 g/mol. The summed E-state index contributed by atoms with van der Waals surface area (Å²) in [5.74, 6) is 0.876. The molecular formula is C26H31ClN8O4. The number of aliphatic hydroxyl groups excluding tert-OH is 1. The van der Waals surface area contributed by atoms with E-state index in [-0.39, 0.29) is 24.5 Å². The van der Waals surface area contributed by atoms with Gasteiger partial charge in [0.1, 0.15) is 10.8 Å². The largest absolute Gasteiger partial charge is 0.494 e. The second-order valence-electron chi connectivity index (χ2n) is 8.76. The Balaban J connectivity index is 1.44. The maximum Gasteiger partial charge on any atom is 0.321 e. The zero-order valence-corrected chi connectivity index (χ0v) is 22.5. The van der Waals surface area contributed by atoms with Crippen LogP contribution in [0.5, 0.6) is 5.75 Å². The Hall–Kier alpha value is -4.13. The maximum absolute atomic E-state index is 12.7. The first-order valence-electron chi connectivity index (χ1n) is 12.4. The average molecular weight is 555 g/mol. The summed E-state index contributed by atoms with van der Waals surface area (Å²) in [6.07, 6.45) is 1.46. The number of nitrogens with one attached hydrogen (secondary N) is 4.